The fourth-order valence-electron chi connectivity index (χ4n) is 4.78. The Hall–Kier alpha value is -4.49. The zero-order valence-corrected chi connectivity index (χ0v) is 25.9. The van der Waals surface area contributed by atoms with Gasteiger partial charge in [0, 0.05) is 29.2 Å². The third-order valence-electron chi connectivity index (χ3n) is 6.89. The molecule has 9 nitrogen and oxygen atoms in total. The normalized spacial score (nSPS) is 15.5. The number of nitrogens with one attached hydrogen (secondary N) is 1. The minimum absolute atomic E-state index is 0.288. The first-order valence-electron chi connectivity index (χ1n) is 14.2. The molecule has 0 radical (unpaired) electrons. The number of nitrogens with zero attached hydrogens (tertiary/aromatic N) is 5. The molecule has 1 saturated heterocycles. The summed E-state index contributed by atoms with van der Waals surface area (Å²) in [4.78, 5) is 11.0. The van der Waals surface area contributed by atoms with Crippen LogP contribution in [-0.4, -0.2) is 57.2 Å². The highest BCUT2D eigenvalue weighted by molar-refractivity contribution is 8.14. The molecule has 0 saturated carbocycles. The van der Waals surface area contributed by atoms with Gasteiger partial charge in [-0.25, -0.2) is 14.7 Å². The maximum atomic E-state index is 12.4. The van der Waals surface area contributed by atoms with E-state index in [1.807, 2.05) is 55.5 Å². The Labute approximate surface area is 263 Å². The molecule has 13 heteroatoms. The zero-order valence-electron chi connectivity index (χ0n) is 25.1. The summed E-state index contributed by atoms with van der Waals surface area (Å²) < 4.78 is 48.1. The standard InChI is InChI=1S/C32H33F3N6O3S/c1-20(2)27-18-26(43-4)13-14-28(27)40-15-16-45-31(40)38-30(42)37-21(3)17-22-5-7-23(8-6-22)29-36-19-41(39-29)24-9-11-25(12-10-24)44-32(33,34)35/h5-14,17-20,30,37,42H,15-16H2,1-4H3/b21-17+,38-31-. The van der Waals surface area contributed by atoms with E-state index in [-0.39, 0.29) is 11.7 Å². The van der Waals surface area contributed by atoms with E-state index >= 15 is 0 Å². The molecule has 0 bridgehead atoms. The first-order chi connectivity index (χ1) is 21.5. The van der Waals surface area contributed by atoms with Crippen molar-refractivity contribution in [2.75, 3.05) is 24.3 Å². The van der Waals surface area contributed by atoms with Gasteiger partial charge < -0.3 is 24.8 Å². The number of aliphatic imine (C=N–C) groups is 1. The molecule has 2 heterocycles. The number of hydrogen-bond donors (Lipinski definition) is 2. The molecule has 1 fully saturated rings. The number of amidine groups is 1. The summed E-state index contributed by atoms with van der Waals surface area (Å²) in [7, 11) is 1.66. The quantitative estimate of drug-likeness (QED) is 0.183. The third-order valence-corrected chi connectivity index (χ3v) is 7.86. The lowest BCUT2D eigenvalue weighted by molar-refractivity contribution is -0.274. The molecule has 3 aromatic carbocycles. The van der Waals surface area contributed by atoms with Gasteiger partial charge in [-0.3, -0.25) is 0 Å². The summed E-state index contributed by atoms with van der Waals surface area (Å²) in [6, 6.07) is 18.9. The van der Waals surface area contributed by atoms with Crippen molar-refractivity contribution in [2.45, 2.75) is 39.4 Å². The van der Waals surface area contributed by atoms with Crippen molar-refractivity contribution in [3.8, 4) is 28.6 Å². The molecule has 45 heavy (non-hydrogen) atoms. The topological polar surface area (TPSA) is 97.0 Å². The second kappa shape index (κ2) is 13.7. The van der Waals surface area contributed by atoms with Gasteiger partial charge in [0.15, 0.2) is 11.0 Å². The lowest BCUT2D eigenvalue weighted by Gasteiger charge is -2.24. The molecule has 0 amide bonds. The molecule has 1 aliphatic rings. The zero-order chi connectivity index (χ0) is 32.1. The number of aromatic nitrogens is 3. The van der Waals surface area contributed by atoms with Crippen LogP contribution in [0.4, 0.5) is 18.9 Å². The van der Waals surface area contributed by atoms with Crippen molar-refractivity contribution in [3.05, 3.63) is 89.9 Å². The van der Waals surface area contributed by atoms with Crippen LogP contribution in [0.3, 0.4) is 0 Å². The van der Waals surface area contributed by atoms with Gasteiger partial charge in [-0.2, -0.15) is 0 Å². The van der Waals surface area contributed by atoms with Crippen LogP contribution in [0.25, 0.3) is 23.2 Å². The van der Waals surface area contributed by atoms with Crippen molar-refractivity contribution < 1.29 is 27.8 Å². The SMILES string of the molecule is COc1ccc(N2CCS/C2=N\C(O)N/C(C)=C/c2ccc(-c3ncn(-c4ccc(OC(F)(F)F)cc4)n3)cc2)c(C(C)C)c1. The minimum atomic E-state index is -4.75. The van der Waals surface area contributed by atoms with E-state index in [4.69, 9.17) is 4.74 Å². The van der Waals surface area contributed by atoms with E-state index in [0.717, 1.165) is 51.3 Å². The van der Waals surface area contributed by atoms with Gasteiger partial charge in [0.2, 0.25) is 6.35 Å². The Kier molecular flexibility index (Phi) is 9.68. The molecule has 1 aromatic heterocycles. The number of aliphatic hydroxyl groups excluding tert-OH is 1. The fraction of sp³-hybridized carbons (Fsp3) is 0.281. The van der Waals surface area contributed by atoms with Crippen molar-refractivity contribution in [2.24, 2.45) is 4.99 Å². The first-order valence-corrected chi connectivity index (χ1v) is 15.1. The minimum Gasteiger partial charge on any atom is -0.497 e. The van der Waals surface area contributed by atoms with Crippen LogP contribution in [0, 0.1) is 0 Å². The maximum absolute atomic E-state index is 12.4. The lowest BCUT2D eigenvalue weighted by Crippen LogP contribution is -2.31. The summed E-state index contributed by atoms with van der Waals surface area (Å²) >= 11 is 1.60. The highest BCUT2D eigenvalue weighted by Crippen LogP contribution is 2.35. The summed E-state index contributed by atoms with van der Waals surface area (Å²) in [6.45, 7) is 6.92. The molecule has 1 unspecified atom stereocenters. The summed E-state index contributed by atoms with van der Waals surface area (Å²) in [5, 5.41) is 19.0. The van der Waals surface area contributed by atoms with E-state index in [1.54, 1.807) is 18.9 Å². The summed E-state index contributed by atoms with van der Waals surface area (Å²) in [5.41, 5.74) is 5.12. The predicted molar refractivity (Wildman–Crippen MR) is 171 cm³/mol. The molecule has 2 N–H and O–H groups in total. The molecular formula is C32H33F3N6O3S. The van der Waals surface area contributed by atoms with Crippen LogP contribution < -0.4 is 19.7 Å². The fourth-order valence-corrected chi connectivity index (χ4v) is 5.76. The molecule has 5 rings (SSSR count). The van der Waals surface area contributed by atoms with Crippen LogP contribution in [0.1, 0.15) is 37.8 Å². The Bertz CT molecular complexity index is 1670. The second-order valence-electron chi connectivity index (χ2n) is 10.5. The largest absolute Gasteiger partial charge is 0.573 e. The van der Waals surface area contributed by atoms with E-state index in [1.165, 1.54) is 35.3 Å². The smallest absolute Gasteiger partial charge is 0.497 e. The number of hydrogen-bond acceptors (Lipinski definition) is 8. The Morgan fingerprint density at radius 2 is 1.78 bits per heavy atom. The molecule has 0 aliphatic carbocycles. The second-order valence-corrected chi connectivity index (χ2v) is 11.6. The van der Waals surface area contributed by atoms with E-state index in [0.29, 0.717) is 11.5 Å². The van der Waals surface area contributed by atoms with E-state index in [9.17, 15) is 18.3 Å². The number of benzene rings is 3. The molecule has 1 aliphatic heterocycles. The van der Waals surface area contributed by atoms with Crippen LogP contribution in [0.15, 0.2) is 83.7 Å². The number of ether oxygens (including phenoxy) is 2. The van der Waals surface area contributed by atoms with Crippen LogP contribution in [0.5, 0.6) is 11.5 Å². The van der Waals surface area contributed by atoms with E-state index in [2.05, 4.69) is 43.9 Å². The number of anilines is 1. The lowest BCUT2D eigenvalue weighted by atomic mass is 10.00. The molecule has 0 spiro atoms. The van der Waals surface area contributed by atoms with Crippen LogP contribution >= 0.6 is 11.8 Å². The first kappa shape index (κ1) is 31.9. The highest BCUT2D eigenvalue weighted by atomic mass is 32.2. The maximum Gasteiger partial charge on any atom is 0.573 e. The monoisotopic (exact) mass is 638 g/mol. The van der Waals surface area contributed by atoms with Gasteiger partial charge >= 0.3 is 6.36 Å². The third kappa shape index (κ3) is 8.17. The van der Waals surface area contributed by atoms with Crippen molar-refractivity contribution in [1.82, 2.24) is 20.1 Å². The molecule has 1 atom stereocenters. The molecule has 4 aromatic rings. The van der Waals surface area contributed by atoms with Crippen LogP contribution in [0.2, 0.25) is 0 Å². The average molecular weight is 639 g/mol. The molecular weight excluding hydrogens is 605 g/mol. The van der Waals surface area contributed by atoms with Crippen molar-refractivity contribution in [1.29, 1.82) is 0 Å². The summed E-state index contributed by atoms with van der Waals surface area (Å²) in [5.74, 6) is 2.11. The number of alkyl halides is 3. The van der Waals surface area contributed by atoms with Crippen molar-refractivity contribution >= 4 is 28.7 Å². The average Bonchev–Trinajstić information content (AvgIpc) is 3.67. The Morgan fingerprint density at radius 1 is 1.07 bits per heavy atom. The number of halogens is 3. The number of methoxy groups -OCH3 is 1. The molecule has 236 valence electrons. The van der Waals surface area contributed by atoms with Crippen LogP contribution in [-0.2, 0) is 0 Å². The Morgan fingerprint density at radius 3 is 2.44 bits per heavy atom. The van der Waals surface area contributed by atoms with Gasteiger partial charge in [-0.05, 0) is 72.5 Å². The highest BCUT2D eigenvalue weighted by Gasteiger charge is 2.31. The summed E-state index contributed by atoms with van der Waals surface area (Å²) in [6.07, 6.45) is -2.50. The van der Waals surface area contributed by atoms with Gasteiger partial charge in [0.25, 0.3) is 0 Å². The number of allylic oxidation sites excluding steroid dienone is 1. The van der Waals surface area contributed by atoms with Gasteiger partial charge in [-0.1, -0.05) is 49.9 Å². The van der Waals surface area contributed by atoms with E-state index < -0.39 is 12.7 Å². The van der Waals surface area contributed by atoms with Gasteiger partial charge in [0.05, 0.1) is 12.8 Å². The predicted octanol–water partition coefficient (Wildman–Crippen LogP) is 6.80. The number of rotatable bonds is 10. The number of thioether (sulfide) groups is 1. The van der Waals surface area contributed by atoms with Gasteiger partial charge in [-0.15, -0.1) is 18.3 Å². The van der Waals surface area contributed by atoms with Gasteiger partial charge in [0.1, 0.15) is 17.8 Å². The Balaban J connectivity index is 1.22. The van der Waals surface area contributed by atoms with Crippen molar-refractivity contribution in [3.63, 3.8) is 0 Å². The number of aliphatic hydroxyl groups is 1.